The zero-order valence-corrected chi connectivity index (χ0v) is 21.0. The highest BCUT2D eigenvalue weighted by atomic mass is 16.5. The largest absolute Gasteiger partial charge is 0.490 e. The fourth-order valence-electron chi connectivity index (χ4n) is 4.66. The first-order valence-corrected chi connectivity index (χ1v) is 12.4. The summed E-state index contributed by atoms with van der Waals surface area (Å²) < 4.78 is 12.2. The second-order valence-corrected chi connectivity index (χ2v) is 9.38. The molecule has 0 unspecified atom stereocenters. The number of urea groups is 1. The van der Waals surface area contributed by atoms with Crippen molar-refractivity contribution in [1.82, 2.24) is 10.2 Å². The molecule has 4 amide bonds. The molecule has 2 aliphatic heterocycles. The third-order valence-electron chi connectivity index (χ3n) is 6.53. The van der Waals surface area contributed by atoms with Crippen molar-refractivity contribution in [3.63, 3.8) is 0 Å². The van der Waals surface area contributed by atoms with E-state index in [1.165, 1.54) is 0 Å². The zero-order valence-electron chi connectivity index (χ0n) is 21.0. The number of nitrogens with zero attached hydrogens (tertiary/aromatic N) is 1. The van der Waals surface area contributed by atoms with E-state index >= 15 is 0 Å². The number of hydrogen-bond donors (Lipinski definition) is 3. The van der Waals surface area contributed by atoms with Crippen LogP contribution >= 0.6 is 0 Å². The van der Waals surface area contributed by atoms with E-state index < -0.39 is 6.03 Å². The summed E-state index contributed by atoms with van der Waals surface area (Å²) in [5, 5.41) is 8.47. The molecule has 1 saturated heterocycles. The Morgan fingerprint density at radius 2 is 1.86 bits per heavy atom. The monoisotopic (exact) mass is 494 g/mol. The van der Waals surface area contributed by atoms with E-state index in [2.05, 4.69) is 16.0 Å². The van der Waals surface area contributed by atoms with E-state index in [0.29, 0.717) is 48.5 Å². The number of amides is 4. The third kappa shape index (κ3) is 6.15. The van der Waals surface area contributed by atoms with Crippen LogP contribution in [0.5, 0.6) is 5.75 Å². The maximum Gasteiger partial charge on any atom is 0.323 e. The standard InChI is InChI=1S/C27H34N4O5/c1-4-12-28-25(32)15-20-9-10-22-24(36-20)16-35-23-11-8-19(14-21(23)26(33)31(22)3)30-27(34)29-18-7-5-6-17(2)13-18/h5-8,11,13-14,20,22,24H,4,9-10,12,15-16H2,1-3H3,(H,28,32)(H2,29,30,34)/t20-,22+,24-/m0/s1. The first-order chi connectivity index (χ1) is 17.3. The molecule has 9 heteroatoms. The SMILES string of the molecule is CCCNC(=O)C[C@@H]1CC[C@@H]2[C@H](COc3ccc(NC(=O)Nc4cccc(C)c4)cc3C(=O)N2C)O1. The van der Waals surface area contributed by atoms with Crippen molar-refractivity contribution in [3.05, 3.63) is 53.6 Å². The highest BCUT2D eigenvalue weighted by molar-refractivity contribution is 6.02. The molecule has 0 aromatic heterocycles. The Morgan fingerprint density at radius 1 is 1.08 bits per heavy atom. The predicted octanol–water partition coefficient (Wildman–Crippen LogP) is 3.94. The smallest absolute Gasteiger partial charge is 0.323 e. The quantitative estimate of drug-likeness (QED) is 0.564. The minimum Gasteiger partial charge on any atom is -0.490 e. The van der Waals surface area contributed by atoms with Gasteiger partial charge < -0.3 is 30.3 Å². The third-order valence-corrected chi connectivity index (χ3v) is 6.53. The molecule has 3 atom stereocenters. The van der Waals surface area contributed by atoms with Crippen LogP contribution in [-0.2, 0) is 9.53 Å². The molecule has 2 heterocycles. The lowest BCUT2D eigenvalue weighted by molar-refractivity contribution is -0.134. The number of ether oxygens (including phenoxy) is 2. The number of rotatable bonds is 6. The summed E-state index contributed by atoms with van der Waals surface area (Å²) in [4.78, 5) is 39.7. The van der Waals surface area contributed by atoms with Gasteiger partial charge in [-0.3, -0.25) is 9.59 Å². The summed E-state index contributed by atoms with van der Waals surface area (Å²) in [6.07, 6.45) is 2.06. The van der Waals surface area contributed by atoms with Crippen LogP contribution < -0.4 is 20.7 Å². The number of benzene rings is 2. The van der Waals surface area contributed by atoms with E-state index in [1.807, 2.05) is 38.1 Å². The minimum absolute atomic E-state index is 0.0201. The van der Waals surface area contributed by atoms with Gasteiger partial charge in [-0.15, -0.1) is 0 Å². The van der Waals surface area contributed by atoms with Crippen LogP contribution in [0.4, 0.5) is 16.2 Å². The summed E-state index contributed by atoms with van der Waals surface area (Å²) in [7, 11) is 1.76. The topological polar surface area (TPSA) is 109 Å². The van der Waals surface area contributed by atoms with E-state index in [-0.39, 0.29) is 36.7 Å². The molecule has 0 radical (unpaired) electrons. The van der Waals surface area contributed by atoms with E-state index in [4.69, 9.17) is 9.47 Å². The molecular formula is C27H34N4O5. The maximum absolute atomic E-state index is 13.4. The molecule has 4 rings (SSSR count). The predicted molar refractivity (Wildman–Crippen MR) is 137 cm³/mol. The highest BCUT2D eigenvalue weighted by Gasteiger charge is 2.39. The number of carbonyl (C=O) groups excluding carboxylic acids is 3. The van der Waals surface area contributed by atoms with Crippen LogP contribution in [-0.4, -0.2) is 61.2 Å². The van der Waals surface area contributed by atoms with Crippen molar-refractivity contribution < 1.29 is 23.9 Å². The van der Waals surface area contributed by atoms with E-state index in [0.717, 1.165) is 12.0 Å². The molecule has 3 N–H and O–H groups in total. The Bertz CT molecular complexity index is 1120. The van der Waals surface area contributed by atoms with Gasteiger partial charge in [-0.1, -0.05) is 19.1 Å². The molecule has 36 heavy (non-hydrogen) atoms. The van der Waals surface area contributed by atoms with Gasteiger partial charge in [-0.05, 0) is 62.1 Å². The van der Waals surface area contributed by atoms with Crippen molar-refractivity contribution in [2.45, 2.75) is 57.8 Å². The van der Waals surface area contributed by atoms with Crippen molar-refractivity contribution in [3.8, 4) is 5.75 Å². The second kappa shape index (κ2) is 11.4. The molecule has 0 spiro atoms. The van der Waals surface area contributed by atoms with Crippen LogP contribution in [0.25, 0.3) is 0 Å². The average molecular weight is 495 g/mol. The first kappa shape index (κ1) is 25.5. The number of carbonyl (C=O) groups is 3. The lowest BCUT2D eigenvalue weighted by Gasteiger charge is -2.42. The molecular weight excluding hydrogens is 460 g/mol. The van der Waals surface area contributed by atoms with Crippen molar-refractivity contribution in [2.24, 2.45) is 0 Å². The van der Waals surface area contributed by atoms with Crippen LogP contribution in [0.1, 0.15) is 48.5 Å². The van der Waals surface area contributed by atoms with E-state index in [1.54, 1.807) is 30.1 Å². The van der Waals surface area contributed by atoms with Crippen LogP contribution in [0.2, 0.25) is 0 Å². The number of aryl methyl sites for hydroxylation is 1. The van der Waals surface area contributed by atoms with Gasteiger partial charge in [-0.25, -0.2) is 4.79 Å². The van der Waals surface area contributed by atoms with Gasteiger partial charge in [-0.2, -0.15) is 0 Å². The Kier molecular flexibility index (Phi) is 8.10. The van der Waals surface area contributed by atoms with Gasteiger partial charge in [0.2, 0.25) is 5.91 Å². The number of anilines is 2. The average Bonchev–Trinajstić information content (AvgIpc) is 2.85. The number of hydrogen-bond acceptors (Lipinski definition) is 5. The Labute approximate surface area is 211 Å². The van der Waals surface area contributed by atoms with Crippen molar-refractivity contribution >= 4 is 29.2 Å². The first-order valence-electron chi connectivity index (χ1n) is 12.4. The van der Waals surface area contributed by atoms with Crippen LogP contribution in [0, 0.1) is 6.92 Å². The van der Waals surface area contributed by atoms with Crippen LogP contribution in [0.15, 0.2) is 42.5 Å². The number of nitrogens with one attached hydrogen (secondary N) is 3. The number of likely N-dealkylation sites (N-methyl/N-ethyl adjacent to an activating group) is 1. The fourth-order valence-corrected chi connectivity index (χ4v) is 4.66. The second-order valence-electron chi connectivity index (χ2n) is 9.38. The molecule has 0 bridgehead atoms. The summed E-state index contributed by atoms with van der Waals surface area (Å²) in [5.74, 6) is 0.208. The maximum atomic E-state index is 13.4. The van der Waals surface area contributed by atoms with Crippen molar-refractivity contribution in [1.29, 1.82) is 0 Å². The summed E-state index contributed by atoms with van der Waals surface area (Å²) in [6.45, 7) is 4.88. The van der Waals surface area contributed by atoms with Gasteiger partial charge >= 0.3 is 6.03 Å². The summed E-state index contributed by atoms with van der Waals surface area (Å²) in [6, 6.07) is 12.0. The molecule has 2 aromatic carbocycles. The molecule has 9 nitrogen and oxygen atoms in total. The number of fused-ring (bicyclic) bond motifs is 2. The van der Waals surface area contributed by atoms with Crippen LogP contribution in [0.3, 0.4) is 0 Å². The molecule has 0 saturated carbocycles. The molecule has 2 aliphatic rings. The zero-order chi connectivity index (χ0) is 25.7. The van der Waals surface area contributed by atoms with Gasteiger partial charge in [0, 0.05) is 25.0 Å². The highest BCUT2D eigenvalue weighted by Crippen LogP contribution is 2.32. The van der Waals surface area contributed by atoms with Gasteiger partial charge in [0.15, 0.2) is 0 Å². The van der Waals surface area contributed by atoms with Crippen molar-refractivity contribution in [2.75, 3.05) is 30.8 Å². The summed E-state index contributed by atoms with van der Waals surface area (Å²) in [5.41, 5.74) is 2.59. The van der Waals surface area contributed by atoms with E-state index in [9.17, 15) is 14.4 Å². The minimum atomic E-state index is -0.400. The Hall–Kier alpha value is -3.59. The molecule has 1 fully saturated rings. The molecule has 0 aliphatic carbocycles. The Balaban J connectivity index is 1.43. The lowest BCUT2D eigenvalue weighted by Crippen LogP contribution is -2.54. The summed E-state index contributed by atoms with van der Waals surface area (Å²) >= 11 is 0. The molecule has 192 valence electrons. The lowest BCUT2D eigenvalue weighted by atomic mass is 9.94. The fraction of sp³-hybridized carbons (Fsp3) is 0.444. The normalized spacial score (nSPS) is 21.2. The van der Waals surface area contributed by atoms with Gasteiger partial charge in [0.25, 0.3) is 5.91 Å². The Morgan fingerprint density at radius 3 is 2.61 bits per heavy atom. The van der Waals surface area contributed by atoms with Gasteiger partial charge in [0.1, 0.15) is 18.5 Å². The van der Waals surface area contributed by atoms with Gasteiger partial charge in [0.05, 0.1) is 24.1 Å². The molecule has 2 aromatic rings.